The van der Waals surface area contributed by atoms with E-state index in [0.29, 0.717) is 8.58 Å². The van der Waals surface area contributed by atoms with Crippen LogP contribution in [0.25, 0.3) is 0 Å². The van der Waals surface area contributed by atoms with Crippen molar-refractivity contribution in [3.8, 4) is 5.75 Å². The molecule has 0 amide bonds. The highest BCUT2D eigenvalue weighted by Crippen LogP contribution is 2.37. The maximum Gasteiger partial charge on any atom is 0.188 e. The Morgan fingerprint density at radius 2 is 1.59 bits per heavy atom. The van der Waals surface area contributed by atoms with E-state index >= 15 is 0 Å². The second-order valence-electron chi connectivity index (χ2n) is 10.6. The van der Waals surface area contributed by atoms with Gasteiger partial charge >= 0.3 is 0 Å². The van der Waals surface area contributed by atoms with Crippen LogP contribution in [0.15, 0.2) is 30.3 Å². The van der Waals surface area contributed by atoms with Crippen molar-refractivity contribution in [1.29, 1.82) is 0 Å². The smallest absolute Gasteiger partial charge is 0.188 e. The number of hydrogen-bond acceptors (Lipinski definition) is 3. The molecule has 0 saturated heterocycles. The Hall–Kier alpha value is -1.41. The summed E-state index contributed by atoms with van der Waals surface area (Å²) in [6.45, 7) is 23.7. The fraction of sp³-hybridized carbons (Fsp3) is 0.571. The lowest BCUT2D eigenvalue weighted by atomic mass is 9.80. The molecule has 1 unspecified atom stereocenters. The zero-order valence-electron chi connectivity index (χ0n) is 22.0. The van der Waals surface area contributed by atoms with E-state index in [1.807, 2.05) is 0 Å². The summed E-state index contributed by atoms with van der Waals surface area (Å²) in [6.07, 6.45) is 0. The summed E-state index contributed by atoms with van der Waals surface area (Å²) >= 11 is 0. The zero-order chi connectivity index (χ0) is 24.1. The molecule has 2 rings (SSSR count). The summed E-state index contributed by atoms with van der Waals surface area (Å²) in [5, 5.41) is 2.71. The fourth-order valence-electron chi connectivity index (χ4n) is 3.85. The summed E-state index contributed by atoms with van der Waals surface area (Å²) in [5.41, 5.74) is 5.41. The predicted octanol–water partition coefficient (Wildman–Crippen LogP) is 6.04. The lowest BCUT2D eigenvalue weighted by Crippen LogP contribution is -2.27. The molecule has 0 aromatic heterocycles. The quantitative estimate of drug-likeness (QED) is 0.338. The number of nitrogens with zero attached hydrogens (tertiary/aromatic N) is 1. The lowest BCUT2D eigenvalue weighted by molar-refractivity contribution is 0.0506. The molecule has 0 aliphatic rings. The van der Waals surface area contributed by atoms with Crippen molar-refractivity contribution in [3.05, 3.63) is 52.6 Å². The lowest BCUT2D eigenvalue weighted by Gasteiger charge is -2.30. The van der Waals surface area contributed by atoms with E-state index in [1.165, 1.54) is 32.9 Å². The third-order valence-electron chi connectivity index (χ3n) is 5.99. The number of ether oxygens (including phenoxy) is 2. The first-order valence-corrected chi connectivity index (χ1v) is 12.8. The van der Waals surface area contributed by atoms with Gasteiger partial charge in [-0.25, -0.2) is 0 Å². The molecule has 0 bridgehead atoms. The van der Waals surface area contributed by atoms with Crippen LogP contribution in [0.2, 0.25) is 0 Å². The van der Waals surface area contributed by atoms with E-state index in [0.717, 1.165) is 25.4 Å². The minimum absolute atomic E-state index is 0.0284. The van der Waals surface area contributed by atoms with Crippen LogP contribution in [0.1, 0.15) is 77.6 Å². The molecule has 2 aromatic rings. The first-order chi connectivity index (χ1) is 14.9. The second kappa shape index (κ2) is 11.1. The van der Waals surface area contributed by atoms with Gasteiger partial charge in [-0.2, -0.15) is 0 Å². The van der Waals surface area contributed by atoms with Gasteiger partial charge in [0.15, 0.2) is 6.79 Å². The standard InChI is InChI=1S/C28H44NO2P/c1-11-29(12-2)18-21-15-13-14-20(3)26(21)32-24-17-22(27(4,5)6)16-23(28(7,8)9)25(24)31-19-30-10/h13-17,32H,11-12,18-19H2,1-10H3. The molecule has 4 heteroatoms. The molecule has 0 radical (unpaired) electrons. The van der Waals surface area contributed by atoms with Gasteiger partial charge < -0.3 is 9.47 Å². The van der Waals surface area contributed by atoms with Crippen LogP contribution < -0.4 is 15.3 Å². The maximum atomic E-state index is 6.26. The van der Waals surface area contributed by atoms with Gasteiger partial charge in [0, 0.05) is 24.5 Å². The van der Waals surface area contributed by atoms with Gasteiger partial charge in [-0.3, -0.25) is 4.90 Å². The summed E-state index contributed by atoms with van der Waals surface area (Å²) in [4.78, 5) is 2.48. The molecule has 3 nitrogen and oxygen atoms in total. The molecule has 2 aromatic carbocycles. The van der Waals surface area contributed by atoms with Crippen molar-refractivity contribution < 1.29 is 9.47 Å². The van der Waals surface area contributed by atoms with Gasteiger partial charge in [0.05, 0.1) is 0 Å². The van der Waals surface area contributed by atoms with Gasteiger partial charge in [0.1, 0.15) is 5.75 Å². The van der Waals surface area contributed by atoms with Crippen molar-refractivity contribution >= 4 is 19.2 Å². The Balaban J connectivity index is 2.69. The van der Waals surface area contributed by atoms with Crippen LogP contribution in [-0.4, -0.2) is 31.9 Å². The van der Waals surface area contributed by atoms with Crippen LogP contribution >= 0.6 is 8.58 Å². The van der Waals surface area contributed by atoms with Crippen LogP contribution in [-0.2, 0) is 22.1 Å². The molecule has 0 spiro atoms. The third kappa shape index (κ3) is 6.80. The number of rotatable bonds is 9. The van der Waals surface area contributed by atoms with Crippen molar-refractivity contribution in [2.45, 2.75) is 79.7 Å². The highest BCUT2D eigenvalue weighted by atomic mass is 31.1. The topological polar surface area (TPSA) is 21.7 Å². The zero-order valence-corrected chi connectivity index (χ0v) is 23.0. The third-order valence-corrected chi connectivity index (χ3v) is 7.60. The number of methoxy groups -OCH3 is 1. The summed E-state index contributed by atoms with van der Waals surface area (Å²) in [5.74, 6) is 0.989. The number of hydrogen-bond donors (Lipinski definition) is 0. The molecule has 0 fully saturated rings. The van der Waals surface area contributed by atoms with Gasteiger partial charge in [0.25, 0.3) is 0 Å². The minimum Gasteiger partial charge on any atom is -0.467 e. The summed E-state index contributed by atoms with van der Waals surface area (Å²) < 4.78 is 11.6. The Kier molecular flexibility index (Phi) is 9.35. The van der Waals surface area contributed by atoms with Gasteiger partial charge in [-0.15, -0.1) is 0 Å². The normalized spacial score (nSPS) is 12.8. The highest BCUT2D eigenvalue weighted by molar-refractivity contribution is 7.56. The van der Waals surface area contributed by atoms with Crippen LogP contribution in [0, 0.1) is 6.92 Å². The average molecular weight is 458 g/mol. The average Bonchev–Trinajstić information content (AvgIpc) is 2.71. The molecule has 32 heavy (non-hydrogen) atoms. The van der Waals surface area contributed by atoms with Crippen LogP contribution in [0.5, 0.6) is 5.75 Å². The summed E-state index contributed by atoms with van der Waals surface area (Å²) in [6, 6.07) is 11.4. The first-order valence-electron chi connectivity index (χ1n) is 11.8. The molecule has 1 atom stereocenters. The SMILES string of the molecule is CCN(CC)Cc1cccc(C)c1Pc1cc(C(C)(C)C)cc(C(C)(C)C)c1OCOC. The molecular formula is C28H44NO2P. The van der Waals surface area contributed by atoms with E-state index in [1.54, 1.807) is 7.11 Å². The Morgan fingerprint density at radius 3 is 2.12 bits per heavy atom. The Labute approximate surface area is 198 Å². The van der Waals surface area contributed by atoms with Crippen molar-refractivity contribution in [3.63, 3.8) is 0 Å². The molecule has 0 heterocycles. The van der Waals surface area contributed by atoms with Gasteiger partial charge in [-0.1, -0.05) is 88.2 Å². The molecule has 0 aliphatic carbocycles. The van der Waals surface area contributed by atoms with Gasteiger partial charge in [0.2, 0.25) is 0 Å². The Bertz CT molecular complexity index is 890. The van der Waals surface area contributed by atoms with E-state index < -0.39 is 0 Å². The van der Waals surface area contributed by atoms with Crippen molar-refractivity contribution in [1.82, 2.24) is 4.90 Å². The van der Waals surface area contributed by atoms with Crippen LogP contribution in [0.4, 0.5) is 0 Å². The predicted molar refractivity (Wildman–Crippen MR) is 142 cm³/mol. The molecule has 0 N–H and O–H groups in total. The first kappa shape index (κ1) is 26.8. The highest BCUT2D eigenvalue weighted by Gasteiger charge is 2.27. The molecule has 0 saturated carbocycles. The molecular weight excluding hydrogens is 413 g/mol. The molecule has 178 valence electrons. The maximum absolute atomic E-state index is 6.26. The summed E-state index contributed by atoms with van der Waals surface area (Å²) in [7, 11) is 2.22. The van der Waals surface area contributed by atoms with E-state index in [-0.39, 0.29) is 17.6 Å². The molecule has 0 aliphatic heterocycles. The van der Waals surface area contributed by atoms with Crippen molar-refractivity contribution in [2.24, 2.45) is 0 Å². The fourth-order valence-corrected chi connectivity index (χ4v) is 5.27. The van der Waals surface area contributed by atoms with E-state index in [4.69, 9.17) is 9.47 Å². The largest absolute Gasteiger partial charge is 0.467 e. The van der Waals surface area contributed by atoms with Crippen LogP contribution in [0.3, 0.4) is 0 Å². The van der Waals surface area contributed by atoms with E-state index in [2.05, 4.69) is 97.5 Å². The number of aryl methyl sites for hydroxylation is 1. The Morgan fingerprint density at radius 1 is 0.938 bits per heavy atom. The second-order valence-corrected chi connectivity index (χ2v) is 11.9. The monoisotopic (exact) mass is 457 g/mol. The number of benzene rings is 2. The van der Waals surface area contributed by atoms with Gasteiger partial charge in [-0.05, 0) is 58.9 Å². The van der Waals surface area contributed by atoms with Crippen molar-refractivity contribution in [2.75, 3.05) is 27.0 Å². The minimum atomic E-state index is -0.0284. The van der Waals surface area contributed by atoms with E-state index in [9.17, 15) is 0 Å².